The van der Waals surface area contributed by atoms with E-state index in [1.807, 2.05) is 0 Å². The average molecular weight is 261 g/mol. The lowest BCUT2D eigenvalue weighted by Gasteiger charge is -2.33. The molecule has 0 amide bonds. The molecule has 3 aliphatic carbocycles. The molecule has 4 heteroatoms. The van der Waals surface area contributed by atoms with Crippen LogP contribution >= 0.6 is 0 Å². The Hall–Kier alpha value is -0.250. The number of hydrogen-bond acceptors (Lipinski definition) is 1. The van der Waals surface area contributed by atoms with Crippen molar-refractivity contribution in [3.05, 3.63) is 0 Å². The third-order valence-corrected chi connectivity index (χ3v) is 4.88. The van der Waals surface area contributed by atoms with E-state index in [-0.39, 0.29) is 0 Å². The van der Waals surface area contributed by atoms with E-state index in [0.29, 0.717) is 37.8 Å². The second-order valence-electron chi connectivity index (χ2n) is 6.46. The van der Waals surface area contributed by atoms with Crippen molar-refractivity contribution in [2.24, 2.45) is 17.8 Å². The van der Waals surface area contributed by atoms with Gasteiger partial charge in [0.2, 0.25) is 0 Å². The smallest absolute Gasteiger partial charge is 0.311 e. The van der Waals surface area contributed by atoms with Crippen molar-refractivity contribution in [2.75, 3.05) is 0 Å². The van der Waals surface area contributed by atoms with Gasteiger partial charge in [0, 0.05) is 12.1 Å². The Morgan fingerprint density at radius 1 is 0.778 bits per heavy atom. The summed E-state index contributed by atoms with van der Waals surface area (Å²) in [4.78, 5) is 0. The van der Waals surface area contributed by atoms with Crippen LogP contribution in [0.2, 0.25) is 0 Å². The maximum absolute atomic E-state index is 12.6. The molecule has 0 aromatic rings. The van der Waals surface area contributed by atoms with Gasteiger partial charge in [0.05, 0.1) is 5.92 Å². The van der Waals surface area contributed by atoms with Gasteiger partial charge in [0.25, 0.3) is 0 Å². The fourth-order valence-electron chi connectivity index (χ4n) is 3.43. The molecular formula is C14H22F3N. The Labute approximate surface area is 107 Å². The van der Waals surface area contributed by atoms with Crippen molar-refractivity contribution < 1.29 is 13.2 Å². The van der Waals surface area contributed by atoms with Gasteiger partial charge in [-0.05, 0) is 63.2 Å². The fraction of sp³-hybridized carbons (Fsp3) is 1.00. The summed E-state index contributed by atoms with van der Waals surface area (Å²) in [6, 6.07) is 0.965. The lowest BCUT2D eigenvalue weighted by molar-refractivity contribution is -0.182. The first kappa shape index (κ1) is 12.8. The molecule has 3 rings (SSSR count). The highest BCUT2D eigenvalue weighted by molar-refractivity contribution is 4.98. The van der Waals surface area contributed by atoms with Gasteiger partial charge in [-0.25, -0.2) is 0 Å². The van der Waals surface area contributed by atoms with Crippen molar-refractivity contribution in [1.82, 2.24) is 5.32 Å². The maximum Gasteiger partial charge on any atom is 0.391 e. The molecule has 0 bridgehead atoms. The van der Waals surface area contributed by atoms with Crippen LogP contribution in [-0.2, 0) is 0 Å². The van der Waals surface area contributed by atoms with E-state index in [2.05, 4.69) is 5.32 Å². The highest BCUT2D eigenvalue weighted by Crippen LogP contribution is 2.45. The predicted molar refractivity (Wildman–Crippen MR) is 64.2 cm³/mol. The van der Waals surface area contributed by atoms with Crippen molar-refractivity contribution in [3.63, 3.8) is 0 Å². The minimum Gasteiger partial charge on any atom is -0.311 e. The molecule has 0 aromatic heterocycles. The molecule has 0 aromatic carbocycles. The minimum atomic E-state index is -3.97. The maximum atomic E-state index is 12.6. The average Bonchev–Trinajstić information content (AvgIpc) is 3.16. The number of nitrogens with one attached hydrogen (secondary N) is 1. The number of alkyl halides is 3. The van der Waals surface area contributed by atoms with E-state index in [1.54, 1.807) is 0 Å². The second-order valence-corrected chi connectivity index (χ2v) is 6.46. The third-order valence-electron chi connectivity index (χ3n) is 4.88. The van der Waals surface area contributed by atoms with Gasteiger partial charge in [-0.15, -0.1) is 0 Å². The van der Waals surface area contributed by atoms with Gasteiger partial charge < -0.3 is 5.32 Å². The normalized spacial score (nSPS) is 34.0. The highest BCUT2D eigenvalue weighted by Gasteiger charge is 2.44. The zero-order valence-corrected chi connectivity index (χ0v) is 10.7. The number of hydrogen-bond donors (Lipinski definition) is 1. The van der Waals surface area contributed by atoms with Crippen LogP contribution < -0.4 is 5.32 Å². The summed E-state index contributed by atoms with van der Waals surface area (Å²) in [6.45, 7) is 0. The highest BCUT2D eigenvalue weighted by atomic mass is 19.4. The Kier molecular flexibility index (Phi) is 3.33. The fourth-order valence-corrected chi connectivity index (χ4v) is 3.43. The molecule has 0 saturated heterocycles. The molecule has 0 atom stereocenters. The van der Waals surface area contributed by atoms with Crippen molar-refractivity contribution in [3.8, 4) is 0 Å². The van der Waals surface area contributed by atoms with Gasteiger partial charge in [-0.3, -0.25) is 0 Å². The van der Waals surface area contributed by atoms with Gasteiger partial charge in [0.1, 0.15) is 0 Å². The summed E-state index contributed by atoms with van der Waals surface area (Å²) in [6.07, 6.45) is 3.39. The quantitative estimate of drug-likeness (QED) is 0.809. The molecule has 18 heavy (non-hydrogen) atoms. The molecule has 0 spiro atoms. The van der Waals surface area contributed by atoms with Crippen molar-refractivity contribution in [2.45, 2.75) is 69.6 Å². The Morgan fingerprint density at radius 3 is 1.67 bits per heavy atom. The monoisotopic (exact) mass is 261 g/mol. The predicted octanol–water partition coefficient (Wildman–Crippen LogP) is 3.89. The van der Waals surface area contributed by atoms with Gasteiger partial charge >= 0.3 is 6.18 Å². The van der Waals surface area contributed by atoms with E-state index >= 15 is 0 Å². The second kappa shape index (κ2) is 4.69. The van der Waals surface area contributed by atoms with Crippen LogP contribution in [0.3, 0.4) is 0 Å². The Bertz CT molecular complexity index is 274. The summed E-state index contributed by atoms with van der Waals surface area (Å²) >= 11 is 0. The van der Waals surface area contributed by atoms with Gasteiger partial charge in [0.15, 0.2) is 0 Å². The minimum absolute atomic E-state index is 0.323. The first-order valence-corrected chi connectivity index (χ1v) is 7.37. The van der Waals surface area contributed by atoms with Crippen LogP contribution in [0.1, 0.15) is 51.4 Å². The molecule has 3 fully saturated rings. The van der Waals surface area contributed by atoms with E-state index in [9.17, 15) is 13.2 Å². The summed E-state index contributed by atoms with van der Waals surface area (Å²) in [7, 11) is 0. The zero-order valence-electron chi connectivity index (χ0n) is 10.7. The summed E-state index contributed by atoms with van der Waals surface area (Å²) < 4.78 is 37.8. The lowest BCUT2D eigenvalue weighted by atomic mass is 9.85. The molecule has 104 valence electrons. The van der Waals surface area contributed by atoms with E-state index in [1.165, 1.54) is 25.7 Å². The van der Waals surface area contributed by atoms with Gasteiger partial charge in [-0.1, -0.05) is 0 Å². The first-order valence-electron chi connectivity index (χ1n) is 7.37. The van der Waals surface area contributed by atoms with Crippen molar-refractivity contribution >= 4 is 0 Å². The van der Waals surface area contributed by atoms with E-state index in [4.69, 9.17) is 0 Å². The molecule has 3 saturated carbocycles. The molecule has 0 heterocycles. The summed E-state index contributed by atoms with van der Waals surface area (Å²) in [5.74, 6) is 0.617. The summed E-state index contributed by atoms with van der Waals surface area (Å²) in [5.41, 5.74) is 0. The summed E-state index contributed by atoms with van der Waals surface area (Å²) in [5, 5.41) is 3.68. The number of rotatable bonds is 4. The lowest BCUT2D eigenvalue weighted by Crippen LogP contribution is -2.44. The van der Waals surface area contributed by atoms with E-state index < -0.39 is 12.1 Å². The standard InChI is InChI=1S/C14H22F3N/c15-14(16,17)11-5-7-12(8-6-11)18-13(9-1-2-9)10-3-4-10/h9-13,18H,1-8H2. The zero-order chi connectivity index (χ0) is 12.8. The largest absolute Gasteiger partial charge is 0.391 e. The van der Waals surface area contributed by atoms with Crippen LogP contribution in [-0.4, -0.2) is 18.3 Å². The van der Waals surface area contributed by atoms with Crippen LogP contribution in [0.15, 0.2) is 0 Å². The van der Waals surface area contributed by atoms with Crippen LogP contribution in [0.4, 0.5) is 13.2 Å². The Balaban J connectivity index is 1.47. The van der Waals surface area contributed by atoms with E-state index in [0.717, 1.165) is 11.8 Å². The SMILES string of the molecule is FC(F)(F)C1CCC(NC(C2CC2)C2CC2)CC1. The van der Waals surface area contributed by atoms with Crippen LogP contribution in [0, 0.1) is 17.8 Å². The van der Waals surface area contributed by atoms with Crippen LogP contribution in [0.5, 0.6) is 0 Å². The molecule has 1 N–H and O–H groups in total. The van der Waals surface area contributed by atoms with Crippen molar-refractivity contribution in [1.29, 1.82) is 0 Å². The molecule has 0 radical (unpaired) electrons. The van der Waals surface area contributed by atoms with Crippen LogP contribution in [0.25, 0.3) is 0 Å². The molecule has 0 aliphatic heterocycles. The molecule has 1 nitrogen and oxygen atoms in total. The molecule has 3 aliphatic rings. The molecular weight excluding hydrogens is 239 g/mol. The Morgan fingerprint density at radius 2 is 1.28 bits per heavy atom. The van der Waals surface area contributed by atoms with Gasteiger partial charge in [-0.2, -0.15) is 13.2 Å². The molecule has 0 unspecified atom stereocenters. The number of halogens is 3. The first-order chi connectivity index (χ1) is 8.54. The third kappa shape index (κ3) is 3.01. The topological polar surface area (TPSA) is 12.0 Å².